The summed E-state index contributed by atoms with van der Waals surface area (Å²) >= 11 is 0. The van der Waals surface area contributed by atoms with Gasteiger partial charge in [-0.25, -0.2) is 12.8 Å². The van der Waals surface area contributed by atoms with Crippen LogP contribution < -0.4 is 10.6 Å². The first-order valence-corrected chi connectivity index (χ1v) is 8.50. The van der Waals surface area contributed by atoms with Gasteiger partial charge in [-0.15, -0.1) is 0 Å². The number of piperazine rings is 1. The molecule has 0 aromatic heterocycles. The molecule has 0 aliphatic carbocycles. The maximum atomic E-state index is 13.7. The molecule has 2 unspecified atom stereocenters. The van der Waals surface area contributed by atoms with Gasteiger partial charge < -0.3 is 10.6 Å². The lowest BCUT2D eigenvalue weighted by molar-refractivity contribution is -0.114. The van der Waals surface area contributed by atoms with Crippen molar-refractivity contribution < 1.29 is 17.6 Å². The summed E-state index contributed by atoms with van der Waals surface area (Å²) in [6.45, 7) is 5.89. The monoisotopic (exact) mass is 329 g/mol. The van der Waals surface area contributed by atoms with E-state index in [1.165, 1.54) is 17.3 Å². The third-order valence-electron chi connectivity index (χ3n) is 3.83. The van der Waals surface area contributed by atoms with Crippen molar-refractivity contribution >= 4 is 21.6 Å². The van der Waals surface area contributed by atoms with Gasteiger partial charge in [-0.1, -0.05) is 0 Å². The topological polar surface area (TPSA) is 78.5 Å². The van der Waals surface area contributed by atoms with Crippen LogP contribution in [0.5, 0.6) is 0 Å². The van der Waals surface area contributed by atoms with Gasteiger partial charge in [0.25, 0.3) is 0 Å². The highest BCUT2D eigenvalue weighted by Crippen LogP contribution is 2.25. The number of halogens is 1. The van der Waals surface area contributed by atoms with Crippen LogP contribution in [0.4, 0.5) is 10.1 Å². The summed E-state index contributed by atoms with van der Waals surface area (Å²) in [6, 6.07) is 3.24. The zero-order valence-electron chi connectivity index (χ0n) is 12.8. The van der Waals surface area contributed by atoms with E-state index in [-0.39, 0.29) is 22.7 Å². The Morgan fingerprint density at radius 1 is 1.41 bits per heavy atom. The van der Waals surface area contributed by atoms with E-state index in [2.05, 4.69) is 10.6 Å². The van der Waals surface area contributed by atoms with Gasteiger partial charge in [-0.05, 0) is 32.0 Å². The van der Waals surface area contributed by atoms with E-state index >= 15 is 0 Å². The van der Waals surface area contributed by atoms with Gasteiger partial charge >= 0.3 is 0 Å². The molecule has 2 N–H and O–H groups in total. The number of nitrogens with one attached hydrogen (secondary N) is 2. The molecule has 0 radical (unpaired) electrons. The number of anilines is 1. The number of benzene rings is 1. The van der Waals surface area contributed by atoms with Crippen molar-refractivity contribution in [2.45, 2.75) is 37.8 Å². The number of sulfonamides is 1. The quantitative estimate of drug-likeness (QED) is 0.872. The molecule has 8 heteroatoms. The maximum Gasteiger partial charge on any atom is 0.243 e. The molecule has 0 spiro atoms. The molecule has 0 bridgehead atoms. The number of nitrogens with zero attached hydrogens (tertiary/aromatic N) is 1. The highest BCUT2D eigenvalue weighted by atomic mass is 32.2. The fourth-order valence-corrected chi connectivity index (χ4v) is 4.18. The summed E-state index contributed by atoms with van der Waals surface area (Å²) in [5.41, 5.74) is -0.135. The van der Waals surface area contributed by atoms with E-state index in [0.717, 1.165) is 12.1 Å². The molecule has 2 rings (SSSR count). The molecule has 1 aliphatic rings. The second-order valence-corrected chi connectivity index (χ2v) is 7.31. The molecular formula is C14H20FN3O3S. The highest BCUT2D eigenvalue weighted by molar-refractivity contribution is 7.89. The minimum Gasteiger partial charge on any atom is -0.324 e. The molecule has 1 fully saturated rings. The molecule has 2 atom stereocenters. The van der Waals surface area contributed by atoms with Crippen LogP contribution in [0.15, 0.2) is 23.1 Å². The first kappa shape index (κ1) is 16.9. The van der Waals surface area contributed by atoms with Crippen molar-refractivity contribution in [1.82, 2.24) is 9.62 Å². The average Bonchev–Trinajstić information content (AvgIpc) is 2.43. The molecule has 1 aromatic rings. The Balaban J connectivity index is 2.39. The van der Waals surface area contributed by atoms with Crippen LogP contribution in [-0.4, -0.2) is 43.8 Å². The van der Waals surface area contributed by atoms with Crippen molar-refractivity contribution in [3.8, 4) is 0 Å². The number of hydrogen-bond donors (Lipinski definition) is 2. The molecular weight excluding hydrogens is 309 g/mol. The Labute approximate surface area is 129 Å². The number of rotatable bonds is 3. The second kappa shape index (κ2) is 6.31. The van der Waals surface area contributed by atoms with Gasteiger partial charge in [-0.2, -0.15) is 4.31 Å². The van der Waals surface area contributed by atoms with E-state index in [4.69, 9.17) is 0 Å². The Bertz CT molecular complexity index is 678. The predicted molar refractivity (Wildman–Crippen MR) is 81.5 cm³/mol. The van der Waals surface area contributed by atoms with E-state index < -0.39 is 21.7 Å². The summed E-state index contributed by atoms with van der Waals surface area (Å²) in [5, 5.41) is 5.51. The standard InChI is InChI=1S/C14H20FN3O3S/c1-9-10(2)18(7-6-16-9)22(20,21)12-4-5-13(15)14(8-12)17-11(3)19/h4-5,8-10,16H,6-7H2,1-3H3,(H,17,19). The van der Waals surface area contributed by atoms with Crippen LogP contribution >= 0.6 is 0 Å². The van der Waals surface area contributed by atoms with Gasteiger partial charge in [0.05, 0.1) is 10.6 Å². The molecule has 6 nitrogen and oxygen atoms in total. The van der Waals surface area contributed by atoms with E-state index in [9.17, 15) is 17.6 Å². The first-order chi connectivity index (χ1) is 10.2. The van der Waals surface area contributed by atoms with Crippen LogP contribution in [-0.2, 0) is 14.8 Å². The number of carbonyl (C=O) groups excluding carboxylic acids is 1. The van der Waals surface area contributed by atoms with Crippen molar-refractivity contribution in [3.05, 3.63) is 24.0 Å². The van der Waals surface area contributed by atoms with Gasteiger partial charge in [0, 0.05) is 32.1 Å². The van der Waals surface area contributed by atoms with Gasteiger partial charge in [0.1, 0.15) is 5.82 Å². The van der Waals surface area contributed by atoms with Crippen LogP contribution in [0.3, 0.4) is 0 Å². The minimum absolute atomic E-state index is 0.0267. The Kier molecular flexibility index (Phi) is 4.84. The third kappa shape index (κ3) is 3.29. The summed E-state index contributed by atoms with van der Waals surface area (Å²) in [6.07, 6.45) is 0. The Hall–Kier alpha value is -1.51. The Morgan fingerprint density at radius 3 is 2.73 bits per heavy atom. The lowest BCUT2D eigenvalue weighted by Crippen LogP contribution is -2.57. The van der Waals surface area contributed by atoms with Crippen molar-refractivity contribution in [2.24, 2.45) is 0 Å². The van der Waals surface area contributed by atoms with Crippen molar-refractivity contribution in [3.63, 3.8) is 0 Å². The summed E-state index contributed by atoms with van der Waals surface area (Å²) < 4.78 is 40.6. The van der Waals surface area contributed by atoms with Gasteiger partial charge in [-0.3, -0.25) is 4.79 Å². The van der Waals surface area contributed by atoms with E-state index in [1.54, 1.807) is 0 Å². The third-order valence-corrected chi connectivity index (χ3v) is 5.81. The molecule has 0 saturated carbocycles. The summed E-state index contributed by atoms with van der Waals surface area (Å²) in [5.74, 6) is -1.13. The lowest BCUT2D eigenvalue weighted by atomic mass is 10.1. The largest absolute Gasteiger partial charge is 0.324 e. The van der Waals surface area contributed by atoms with Gasteiger partial charge in [0.15, 0.2) is 0 Å². The average molecular weight is 329 g/mol. The molecule has 122 valence electrons. The predicted octanol–water partition coefficient (Wildman–Crippen LogP) is 1.16. The van der Waals surface area contributed by atoms with E-state index in [0.29, 0.717) is 13.1 Å². The zero-order chi connectivity index (χ0) is 16.5. The fourth-order valence-electron chi connectivity index (χ4n) is 2.45. The van der Waals surface area contributed by atoms with Crippen molar-refractivity contribution in [2.75, 3.05) is 18.4 Å². The lowest BCUT2D eigenvalue weighted by Gasteiger charge is -2.37. The van der Waals surface area contributed by atoms with Crippen LogP contribution in [0.2, 0.25) is 0 Å². The molecule has 1 saturated heterocycles. The molecule has 1 heterocycles. The molecule has 1 aromatic carbocycles. The number of amides is 1. The van der Waals surface area contributed by atoms with Crippen molar-refractivity contribution in [1.29, 1.82) is 0 Å². The van der Waals surface area contributed by atoms with E-state index in [1.807, 2.05) is 13.8 Å². The first-order valence-electron chi connectivity index (χ1n) is 7.06. The van der Waals surface area contributed by atoms with Crippen LogP contribution in [0.1, 0.15) is 20.8 Å². The normalized spacial score (nSPS) is 23.3. The number of carbonyl (C=O) groups is 1. The van der Waals surface area contributed by atoms with Crippen LogP contribution in [0.25, 0.3) is 0 Å². The van der Waals surface area contributed by atoms with Crippen LogP contribution in [0, 0.1) is 5.82 Å². The second-order valence-electron chi connectivity index (χ2n) is 5.42. The zero-order valence-corrected chi connectivity index (χ0v) is 13.6. The maximum absolute atomic E-state index is 13.7. The summed E-state index contributed by atoms with van der Waals surface area (Å²) in [4.78, 5) is 11.0. The molecule has 22 heavy (non-hydrogen) atoms. The summed E-state index contributed by atoms with van der Waals surface area (Å²) in [7, 11) is -3.74. The smallest absolute Gasteiger partial charge is 0.243 e. The SMILES string of the molecule is CC(=O)Nc1cc(S(=O)(=O)N2CCNC(C)C2C)ccc1F. The minimum atomic E-state index is -3.74. The number of hydrogen-bond acceptors (Lipinski definition) is 4. The van der Waals surface area contributed by atoms with Gasteiger partial charge in [0.2, 0.25) is 15.9 Å². The fraction of sp³-hybridized carbons (Fsp3) is 0.500. The highest BCUT2D eigenvalue weighted by Gasteiger charge is 2.34. The Morgan fingerprint density at radius 2 is 2.09 bits per heavy atom. The molecule has 1 amide bonds. The molecule has 1 aliphatic heterocycles.